The van der Waals surface area contributed by atoms with Crippen LogP contribution >= 0.6 is 0 Å². The quantitative estimate of drug-likeness (QED) is 0.107. The first-order chi connectivity index (χ1) is 68.4. The smallest absolute Gasteiger partial charge is 0.238 e. The molecule has 0 aliphatic rings. The van der Waals surface area contributed by atoms with Crippen LogP contribution in [-0.4, -0.2) is 43.2 Å². The van der Waals surface area contributed by atoms with Gasteiger partial charge in [-0.3, -0.25) is 9.13 Å². The van der Waals surface area contributed by atoms with E-state index in [0.29, 0.717) is 23.5 Å². The minimum absolute atomic E-state index is 0.552. The zero-order chi connectivity index (χ0) is 90.8. The van der Waals surface area contributed by atoms with Crippen molar-refractivity contribution in [2.45, 2.75) is 0 Å². The van der Waals surface area contributed by atoms with Crippen molar-refractivity contribution < 1.29 is 8.83 Å². The van der Waals surface area contributed by atoms with Crippen LogP contribution in [0.1, 0.15) is 0 Å². The van der Waals surface area contributed by atoms with E-state index in [2.05, 4.69) is 461 Å². The van der Waals surface area contributed by atoms with Gasteiger partial charge in [0.25, 0.3) is 0 Å². The van der Waals surface area contributed by atoms with Gasteiger partial charge in [-0.05, 0) is 158 Å². The molecule has 0 radical (unpaired) electrons. The molecule has 11 heteroatoms. The SMILES string of the molecule is c1ccc(-c2ccc(-c3cc(-c4ccc(-c5ccccc5)cc4)nc(-n4c5ccccc5c5c(-c6ccc7c(c6)c6ccccc6n7-c6cccc7c6oc6ccccc67)cccc54)n3)cc2)cc1.c1ccc(-c2ccc(-c3nc(-c4ccc(-c5ccccc5)cc4)nc(-n4c5ccccc5c5c(-c6ccc7c(c6)c6ccccc6n7-c6cccc7c6oc6ccccc67)cccc54)n3)cc2)cc1. The minimum atomic E-state index is 0.552. The maximum atomic E-state index is 6.60. The second-order valence-electron chi connectivity index (χ2n) is 35.3. The number of furan rings is 2. The molecule has 644 valence electrons. The minimum Gasteiger partial charge on any atom is -0.454 e. The number of nitrogens with zero attached hydrogens (tertiary/aromatic N) is 9. The third-order valence-corrected chi connectivity index (χ3v) is 27.4. The zero-order valence-electron chi connectivity index (χ0n) is 74.5. The van der Waals surface area contributed by atoms with Gasteiger partial charge in [-0.15, -0.1) is 0 Å². The second-order valence-corrected chi connectivity index (χ2v) is 35.3. The van der Waals surface area contributed by atoms with Crippen molar-refractivity contribution in [3.05, 3.63) is 479 Å². The predicted octanol–water partition coefficient (Wildman–Crippen LogP) is 33.2. The molecule has 20 aromatic carbocycles. The number of aromatic nitrogens is 9. The van der Waals surface area contributed by atoms with Crippen LogP contribution in [0, 0.1) is 0 Å². The molecule has 0 spiro atoms. The highest BCUT2D eigenvalue weighted by molar-refractivity contribution is 6.21. The van der Waals surface area contributed by atoms with E-state index in [0.717, 1.165) is 210 Å². The largest absolute Gasteiger partial charge is 0.454 e. The van der Waals surface area contributed by atoms with Gasteiger partial charge in [-0.25, -0.2) is 15.0 Å². The van der Waals surface area contributed by atoms with Crippen LogP contribution in [0.2, 0.25) is 0 Å². The number of fused-ring (bicyclic) bond motifs is 18. The lowest BCUT2D eigenvalue weighted by atomic mass is 9.98. The molecule has 0 N–H and O–H groups in total. The van der Waals surface area contributed by atoms with Crippen molar-refractivity contribution in [3.8, 4) is 135 Å². The first-order valence-corrected chi connectivity index (χ1v) is 46.7. The standard InChI is InChI=1S/C64H40N4O.C63H39N5O/c1-3-15-41(16-4-1)43-29-33-45(34-30-43)54-40-55(46-35-31-44(32-36-46)42-17-5-2-6-18-42)66-64(65-54)68-57-25-11-8-21-52(57)62-48(22-13-26-59(62)68)47-37-38-58-53(39-47)49-19-7-10-24-56(49)67(58)60-27-14-23-51-50-20-9-12-28-61(50)69-63(51)60;1-3-15-40(16-4-1)42-29-33-44(34-30-42)61-64-62(45-35-31-43(32-36-45)41-17-5-2-6-18-41)66-63(65-61)68-54-25-11-8-21-51(54)59-47(22-13-26-56(59)68)46-37-38-55-52(39-46)48-19-7-10-24-53(48)67(55)57-27-14-23-50-49-20-9-12-28-58(49)69-60(50)57/h1-40H;1-39H. The third-order valence-electron chi connectivity index (χ3n) is 27.4. The molecule has 11 nitrogen and oxygen atoms in total. The summed E-state index contributed by atoms with van der Waals surface area (Å²) in [6.45, 7) is 0. The summed E-state index contributed by atoms with van der Waals surface area (Å²) in [4.78, 5) is 26.7. The normalized spacial score (nSPS) is 11.8. The Morgan fingerprint density at radius 2 is 0.435 bits per heavy atom. The molecule has 0 atom stereocenters. The van der Waals surface area contributed by atoms with Gasteiger partial charge in [0.2, 0.25) is 11.9 Å². The summed E-state index contributed by atoms with van der Waals surface area (Å²) in [5, 5.41) is 13.7. The third kappa shape index (κ3) is 13.3. The Labute approximate surface area is 792 Å². The summed E-state index contributed by atoms with van der Waals surface area (Å²) < 4.78 is 22.4. The summed E-state index contributed by atoms with van der Waals surface area (Å²) >= 11 is 0. The molecule has 0 amide bonds. The molecule has 28 rings (SSSR count). The van der Waals surface area contributed by atoms with E-state index >= 15 is 0 Å². The van der Waals surface area contributed by atoms with Crippen molar-refractivity contribution in [2.75, 3.05) is 0 Å². The molecule has 138 heavy (non-hydrogen) atoms. The van der Waals surface area contributed by atoms with Crippen LogP contribution < -0.4 is 0 Å². The number of rotatable bonds is 14. The number of benzene rings is 20. The molecule has 0 saturated carbocycles. The second kappa shape index (κ2) is 32.6. The van der Waals surface area contributed by atoms with E-state index in [1.165, 1.54) is 32.7 Å². The molecule has 0 fully saturated rings. The van der Waals surface area contributed by atoms with Gasteiger partial charge in [-0.1, -0.05) is 388 Å². The van der Waals surface area contributed by atoms with Crippen LogP contribution in [0.4, 0.5) is 0 Å². The zero-order valence-corrected chi connectivity index (χ0v) is 74.5. The van der Waals surface area contributed by atoms with E-state index in [1.807, 2.05) is 36.4 Å². The van der Waals surface area contributed by atoms with E-state index in [4.69, 9.17) is 33.8 Å². The van der Waals surface area contributed by atoms with Gasteiger partial charge in [0.05, 0.1) is 66.9 Å². The van der Waals surface area contributed by atoms with Gasteiger partial charge in [-0.2, -0.15) is 9.97 Å². The van der Waals surface area contributed by atoms with Crippen molar-refractivity contribution in [1.82, 2.24) is 43.2 Å². The van der Waals surface area contributed by atoms with Crippen molar-refractivity contribution in [3.63, 3.8) is 0 Å². The van der Waals surface area contributed by atoms with Crippen molar-refractivity contribution in [2.24, 2.45) is 0 Å². The van der Waals surface area contributed by atoms with E-state index in [1.54, 1.807) is 0 Å². The highest BCUT2D eigenvalue weighted by Crippen LogP contribution is 2.48. The molecule has 28 aromatic rings. The Hall–Kier alpha value is -18.7. The Morgan fingerprint density at radius 1 is 0.159 bits per heavy atom. The fraction of sp³-hybridized carbons (Fsp3) is 0. The molecular weight excluding hydrogens is 1680 g/mol. The topological polar surface area (TPSA) is 110 Å². The molecule has 0 unspecified atom stereocenters. The highest BCUT2D eigenvalue weighted by atomic mass is 16.3. The first kappa shape index (κ1) is 79.1. The van der Waals surface area contributed by atoms with E-state index in [9.17, 15) is 0 Å². The van der Waals surface area contributed by atoms with Gasteiger partial charge in [0.15, 0.2) is 22.8 Å². The lowest BCUT2D eigenvalue weighted by molar-refractivity contribution is 0.666. The Morgan fingerprint density at radius 3 is 0.819 bits per heavy atom. The molecular formula is C127H79N9O2. The lowest BCUT2D eigenvalue weighted by Gasteiger charge is -2.13. The number of hydrogen-bond donors (Lipinski definition) is 0. The van der Waals surface area contributed by atoms with Crippen LogP contribution in [0.25, 0.3) is 266 Å². The van der Waals surface area contributed by atoms with Crippen LogP contribution in [-0.2, 0) is 0 Å². The summed E-state index contributed by atoms with van der Waals surface area (Å²) in [7, 11) is 0. The fourth-order valence-electron chi connectivity index (χ4n) is 20.9. The Balaban J connectivity index is 0.000000139. The summed E-state index contributed by atoms with van der Waals surface area (Å²) in [5.41, 5.74) is 33.5. The monoisotopic (exact) mass is 1760 g/mol. The first-order valence-electron chi connectivity index (χ1n) is 46.7. The van der Waals surface area contributed by atoms with Crippen molar-refractivity contribution in [1.29, 1.82) is 0 Å². The Kier molecular flexibility index (Phi) is 18.7. The van der Waals surface area contributed by atoms with Gasteiger partial charge in [0, 0.05) is 86.9 Å². The molecule has 0 aliphatic carbocycles. The molecule has 8 aromatic heterocycles. The summed E-state index contributed by atoms with van der Waals surface area (Å²) in [5.74, 6) is 2.37. The fourth-order valence-corrected chi connectivity index (χ4v) is 20.9. The summed E-state index contributed by atoms with van der Waals surface area (Å²) in [6, 6.07) is 169. The number of hydrogen-bond acceptors (Lipinski definition) is 7. The molecule has 8 heterocycles. The molecule has 0 bridgehead atoms. The van der Waals surface area contributed by atoms with Gasteiger partial charge < -0.3 is 18.0 Å². The average Bonchev–Trinajstić information content (AvgIpc) is 1.57. The van der Waals surface area contributed by atoms with E-state index in [-0.39, 0.29) is 0 Å². The lowest BCUT2D eigenvalue weighted by Crippen LogP contribution is -2.06. The summed E-state index contributed by atoms with van der Waals surface area (Å²) in [6.07, 6.45) is 0. The maximum absolute atomic E-state index is 6.60. The van der Waals surface area contributed by atoms with E-state index < -0.39 is 0 Å². The van der Waals surface area contributed by atoms with Gasteiger partial charge >= 0.3 is 0 Å². The average molecular weight is 1760 g/mol. The van der Waals surface area contributed by atoms with Crippen LogP contribution in [0.3, 0.4) is 0 Å². The van der Waals surface area contributed by atoms with Crippen LogP contribution in [0.5, 0.6) is 0 Å². The Bertz CT molecular complexity index is 8910. The predicted molar refractivity (Wildman–Crippen MR) is 568 cm³/mol. The van der Waals surface area contributed by atoms with Gasteiger partial charge in [0.1, 0.15) is 11.2 Å². The highest BCUT2D eigenvalue weighted by Gasteiger charge is 2.27. The molecule has 0 aliphatic heterocycles. The van der Waals surface area contributed by atoms with Crippen molar-refractivity contribution >= 4 is 131 Å². The maximum Gasteiger partial charge on any atom is 0.238 e. The van der Waals surface area contributed by atoms with Crippen LogP contribution in [0.15, 0.2) is 488 Å². The molecule has 0 saturated heterocycles. The number of para-hydroxylation sites is 8.